The van der Waals surface area contributed by atoms with Crippen LogP contribution < -0.4 is 10.6 Å². The number of nitrogens with one attached hydrogen (secondary N) is 2. The van der Waals surface area contributed by atoms with Gasteiger partial charge < -0.3 is 15.5 Å². The first-order chi connectivity index (χ1) is 10.5. The van der Waals surface area contributed by atoms with Crippen molar-refractivity contribution in [2.75, 3.05) is 25.0 Å². The van der Waals surface area contributed by atoms with Gasteiger partial charge in [0.15, 0.2) is 0 Å². The van der Waals surface area contributed by atoms with Crippen LogP contribution in [0.1, 0.15) is 18.9 Å². The Morgan fingerprint density at radius 3 is 3.00 bits per heavy atom. The second-order valence-electron chi connectivity index (χ2n) is 5.01. The molecule has 0 aromatic heterocycles. The van der Waals surface area contributed by atoms with E-state index in [2.05, 4.69) is 10.6 Å². The molecule has 1 aliphatic heterocycles. The third-order valence-corrected chi connectivity index (χ3v) is 3.49. The minimum atomic E-state index is -0.486. The minimum absolute atomic E-state index is 0.0736. The van der Waals surface area contributed by atoms with Gasteiger partial charge in [0, 0.05) is 31.7 Å². The molecular weight excluding hydrogens is 286 g/mol. The van der Waals surface area contributed by atoms with Crippen LogP contribution in [0, 0.1) is 21.4 Å². The molecule has 2 amide bonds. The van der Waals surface area contributed by atoms with Crippen LogP contribution >= 0.6 is 0 Å². The fourth-order valence-corrected chi connectivity index (χ4v) is 2.43. The van der Waals surface area contributed by atoms with Crippen molar-refractivity contribution in [2.24, 2.45) is 0 Å². The Bertz CT molecular complexity index is 625. The predicted molar refractivity (Wildman–Crippen MR) is 80.5 cm³/mol. The van der Waals surface area contributed by atoms with Gasteiger partial charge >= 0.3 is 6.03 Å². The Morgan fingerprint density at radius 1 is 1.59 bits per heavy atom. The molecule has 0 radical (unpaired) electrons. The maximum Gasteiger partial charge on any atom is 0.317 e. The van der Waals surface area contributed by atoms with E-state index in [0.717, 1.165) is 0 Å². The summed E-state index contributed by atoms with van der Waals surface area (Å²) in [5.74, 6) is 0. The van der Waals surface area contributed by atoms with Gasteiger partial charge in [-0.1, -0.05) is 0 Å². The lowest BCUT2D eigenvalue weighted by molar-refractivity contribution is -0.384. The third-order valence-electron chi connectivity index (χ3n) is 3.49. The Balaban J connectivity index is 2.10. The lowest BCUT2D eigenvalue weighted by Gasteiger charge is -2.18. The summed E-state index contributed by atoms with van der Waals surface area (Å²) in [5.41, 5.74) is 0.592. The average Bonchev–Trinajstić information content (AvgIpc) is 2.95. The maximum absolute atomic E-state index is 11.8. The van der Waals surface area contributed by atoms with Crippen molar-refractivity contribution >= 4 is 17.4 Å². The molecule has 1 atom stereocenters. The largest absolute Gasteiger partial charge is 0.375 e. The van der Waals surface area contributed by atoms with Crippen LogP contribution in [0.25, 0.3) is 0 Å². The number of nitrogens with zero attached hydrogens (tertiary/aromatic N) is 3. The smallest absolute Gasteiger partial charge is 0.317 e. The second kappa shape index (κ2) is 6.76. The highest BCUT2D eigenvalue weighted by Gasteiger charge is 2.27. The first-order valence-corrected chi connectivity index (χ1v) is 7.03. The number of carbonyl (C=O) groups excluding carboxylic acids is 1. The molecule has 1 aromatic rings. The summed E-state index contributed by atoms with van der Waals surface area (Å²) in [5, 5.41) is 25.8. The van der Waals surface area contributed by atoms with E-state index in [-0.39, 0.29) is 17.8 Å². The molecule has 1 heterocycles. The van der Waals surface area contributed by atoms with Gasteiger partial charge in [0.2, 0.25) is 0 Å². The number of nitro groups is 1. The zero-order chi connectivity index (χ0) is 16.1. The van der Waals surface area contributed by atoms with Crippen molar-refractivity contribution in [3.05, 3.63) is 33.9 Å². The van der Waals surface area contributed by atoms with Gasteiger partial charge in [0.1, 0.15) is 5.69 Å². The number of likely N-dealkylation sites (tertiary alicyclic amines) is 1. The van der Waals surface area contributed by atoms with Crippen LogP contribution in [0.5, 0.6) is 0 Å². The number of nitro benzene ring substituents is 1. The number of nitriles is 1. The standard InChI is InChI=1S/C14H17N5O3/c1-2-16-14(20)18-6-5-11(9-18)17-12-7-10(8-15)3-4-13(12)19(21)22/h3-4,7,11,17H,2,5-6,9H2,1H3,(H,16,20)/t11-/m0/s1. The molecule has 1 aromatic carbocycles. The molecule has 0 saturated carbocycles. The minimum Gasteiger partial charge on any atom is -0.375 e. The van der Waals surface area contributed by atoms with Crippen LogP contribution in [0.15, 0.2) is 18.2 Å². The summed E-state index contributed by atoms with van der Waals surface area (Å²) < 4.78 is 0. The van der Waals surface area contributed by atoms with Gasteiger partial charge in [-0.25, -0.2) is 4.79 Å². The molecule has 1 fully saturated rings. The molecule has 22 heavy (non-hydrogen) atoms. The Labute approximate surface area is 127 Å². The Kier molecular flexibility index (Phi) is 4.78. The quantitative estimate of drug-likeness (QED) is 0.649. The molecule has 116 valence electrons. The Morgan fingerprint density at radius 2 is 2.36 bits per heavy atom. The Hall–Kier alpha value is -2.82. The number of hydrogen-bond donors (Lipinski definition) is 2. The highest BCUT2D eigenvalue weighted by Crippen LogP contribution is 2.27. The number of anilines is 1. The lowest BCUT2D eigenvalue weighted by Crippen LogP contribution is -2.39. The number of hydrogen-bond acceptors (Lipinski definition) is 5. The number of amides is 2. The fourth-order valence-electron chi connectivity index (χ4n) is 2.43. The van der Waals surface area contributed by atoms with Crippen molar-refractivity contribution < 1.29 is 9.72 Å². The summed E-state index contributed by atoms with van der Waals surface area (Å²) in [6.45, 7) is 3.47. The third kappa shape index (κ3) is 3.44. The van der Waals surface area contributed by atoms with Crippen LogP contribution in [0.3, 0.4) is 0 Å². The van der Waals surface area contributed by atoms with Gasteiger partial charge in [0.05, 0.1) is 16.6 Å². The van der Waals surface area contributed by atoms with Crippen molar-refractivity contribution in [3.8, 4) is 6.07 Å². The maximum atomic E-state index is 11.8. The van der Waals surface area contributed by atoms with E-state index >= 15 is 0 Å². The first-order valence-electron chi connectivity index (χ1n) is 7.03. The highest BCUT2D eigenvalue weighted by molar-refractivity contribution is 5.74. The molecule has 1 aliphatic rings. The molecule has 0 unspecified atom stereocenters. The molecular formula is C14H17N5O3. The van der Waals surface area contributed by atoms with Gasteiger partial charge in [-0.3, -0.25) is 10.1 Å². The molecule has 0 spiro atoms. The summed E-state index contributed by atoms with van der Waals surface area (Å²) in [6.07, 6.45) is 0.699. The van der Waals surface area contributed by atoms with Gasteiger partial charge in [-0.15, -0.1) is 0 Å². The SMILES string of the molecule is CCNC(=O)N1CC[C@H](Nc2cc(C#N)ccc2[N+](=O)[O-])C1. The zero-order valence-electron chi connectivity index (χ0n) is 12.2. The van der Waals surface area contributed by atoms with E-state index in [9.17, 15) is 14.9 Å². The van der Waals surface area contributed by atoms with E-state index in [1.54, 1.807) is 4.90 Å². The average molecular weight is 303 g/mol. The first kappa shape index (κ1) is 15.6. The van der Waals surface area contributed by atoms with Gasteiger partial charge in [-0.2, -0.15) is 5.26 Å². The lowest BCUT2D eigenvalue weighted by atomic mass is 10.1. The predicted octanol–water partition coefficient (Wildman–Crippen LogP) is 1.68. The molecule has 8 heteroatoms. The summed E-state index contributed by atoms with van der Waals surface area (Å²) in [7, 11) is 0. The number of urea groups is 1. The van der Waals surface area contributed by atoms with E-state index < -0.39 is 4.92 Å². The fraction of sp³-hybridized carbons (Fsp3) is 0.429. The summed E-state index contributed by atoms with van der Waals surface area (Å²) in [4.78, 5) is 24.0. The van der Waals surface area contributed by atoms with Gasteiger partial charge in [0.25, 0.3) is 5.69 Å². The van der Waals surface area contributed by atoms with Crippen LogP contribution in [0.4, 0.5) is 16.2 Å². The summed E-state index contributed by atoms with van der Waals surface area (Å²) in [6, 6.07) is 5.96. The molecule has 2 N–H and O–H groups in total. The molecule has 2 rings (SSSR count). The second-order valence-corrected chi connectivity index (χ2v) is 5.01. The molecule has 8 nitrogen and oxygen atoms in total. The van der Waals surface area contributed by atoms with E-state index in [1.165, 1.54) is 18.2 Å². The number of benzene rings is 1. The van der Waals surface area contributed by atoms with Crippen LogP contribution in [0.2, 0.25) is 0 Å². The van der Waals surface area contributed by atoms with Crippen molar-refractivity contribution in [1.82, 2.24) is 10.2 Å². The molecule has 1 saturated heterocycles. The van der Waals surface area contributed by atoms with Crippen LogP contribution in [-0.4, -0.2) is 41.5 Å². The van der Waals surface area contributed by atoms with Crippen molar-refractivity contribution in [2.45, 2.75) is 19.4 Å². The number of rotatable bonds is 4. The van der Waals surface area contributed by atoms with E-state index in [1.807, 2.05) is 13.0 Å². The monoisotopic (exact) mass is 303 g/mol. The topological polar surface area (TPSA) is 111 Å². The van der Waals surface area contributed by atoms with E-state index in [0.29, 0.717) is 37.3 Å². The van der Waals surface area contributed by atoms with Gasteiger partial charge in [-0.05, 0) is 25.5 Å². The highest BCUT2D eigenvalue weighted by atomic mass is 16.6. The molecule has 0 aliphatic carbocycles. The molecule has 0 bridgehead atoms. The van der Waals surface area contributed by atoms with Crippen molar-refractivity contribution in [3.63, 3.8) is 0 Å². The zero-order valence-corrected chi connectivity index (χ0v) is 12.2. The van der Waals surface area contributed by atoms with Crippen LogP contribution in [-0.2, 0) is 0 Å². The summed E-state index contributed by atoms with van der Waals surface area (Å²) >= 11 is 0. The normalized spacial score (nSPS) is 16.9. The number of carbonyl (C=O) groups is 1. The van der Waals surface area contributed by atoms with E-state index in [4.69, 9.17) is 5.26 Å². The van der Waals surface area contributed by atoms with Crippen molar-refractivity contribution in [1.29, 1.82) is 5.26 Å².